The summed E-state index contributed by atoms with van der Waals surface area (Å²) in [6.45, 7) is 8.68. The number of aliphatic hydroxyl groups is 3. The van der Waals surface area contributed by atoms with E-state index >= 15 is 0 Å². The fourth-order valence-electron chi connectivity index (χ4n) is 7.71. The quantitative estimate of drug-likeness (QED) is 0.239. The number of hydrogen-bond donors (Lipinski definition) is 6. The van der Waals surface area contributed by atoms with Crippen molar-refractivity contribution >= 4 is 28.5 Å². The third-order valence-electron chi connectivity index (χ3n) is 9.95. The number of H-pyrrole nitrogens is 1. The lowest BCUT2D eigenvalue weighted by molar-refractivity contribution is -0.148. The molecule has 2 aromatic rings. The highest BCUT2D eigenvalue weighted by Crippen LogP contribution is 2.55. The van der Waals surface area contributed by atoms with Crippen LogP contribution in [0.5, 0.6) is 0 Å². The van der Waals surface area contributed by atoms with Crippen LogP contribution >= 0.6 is 0 Å². The van der Waals surface area contributed by atoms with Gasteiger partial charge in [0.25, 0.3) is 0 Å². The van der Waals surface area contributed by atoms with Gasteiger partial charge in [-0.2, -0.15) is 0 Å². The molecule has 1 aromatic heterocycles. The van der Waals surface area contributed by atoms with E-state index < -0.39 is 71.7 Å². The van der Waals surface area contributed by atoms with Gasteiger partial charge >= 0.3 is 0 Å². The molecule has 0 saturated carbocycles. The van der Waals surface area contributed by atoms with Gasteiger partial charge in [0, 0.05) is 48.3 Å². The summed E-state index contributed by atoms with van der Waals surface area (Å²) >= 11 is 0. The summed E-state index contributed by atoms with van der Waals surface area (Å²) in [4.78, 5) is 44.6. The molecule has 2 heterocycles. The van der Waals surface area contributed by atoms with Gasteiger partial charge in [-0.15, -0.1) is 0 Å². The summed E-state index contributed by atoms with van der Waals surface area (Å²) in [5, 5.41) is 40.8. The van der Waals surface area contributed by atoms with Crippen molar-refractivity contribution in [2.45, 2.75) is 84.3 Å². The number of nitrogens with one attached hydrogen (secondary N) is 3. The van der Waals surface area contributed by atoms with Crippen molar-refractivity contribution in [1.82, 2.24) is 15.6 Å². The van der Waals surface area contributed by atoms with E-state index in [9.17, 15) is 29.7 Å². The first-order chi connectivity index (χ1) is 20.4. The van der Waals surface area contributed by atoms with Gasteiger partial charge in [-0.25, -0.2) is 0 Å². The lowest BCUT2D eigenvalue weighted by Crippen LogP contribution is -2.58. The van der Waals surface area contributed by atoms with E-state index in [0.29, 0.717) is 18.4 Å². The van der Waals surface area contributed by atoms with E-state index in [0.717, 1.165) is 27.6 Å². The second kappa shape index (κ2) is 11.9. The first kappa shape index (κ1) is 30.9. The van der Waals surface area contributed by atoms with Crippen molar-refractivity contribution in [2.75, 3.05) is 0 Å². The number of ketones is 1. The number of amides is 2. The molecule has 2 aliphatic carbocycles. The first-order valence-corrected chi connectivity index (χ1v) is 15.1. The van der Waals surface area contributed by atoms with Crippen molar-refractivity contribution in [2.24, 2.45) is 23.2 Å². The molecule has 1 fully saturated rings. The van der Waals surface area contributed by atoms with E-state index in [-0.39, 0.29) is 5.92 Å². The molecular weight excluding hydrogens is 546 g/mol. The Kier molecular flexibility index (Phi) is 8.53. The topological polar surface area (TPSA) is 152 Å². The maximum Gasteiger partial charge on any atom is 0.235 e. The second-order valence-electron chi connectivity index (χ2n) is 12.7. The third kappa shape index (κ3) is 5.28. The van der Waals surface area contributed by atoms with Crippen LogP contribution in [-0.4, -0.2) is 68.3 Å². The van der Waals surface area contributed by atoms with Crippen LogP contribution in [0.25, 0.3) is 10.9 Å². The van der Waals surface area contributed by atoms with Crippen LogP contribution < -0.4 is 10.6 Å². The largest absolute Gasteiger partial charge is 0.388 e. The van der Waals surface area contributed by atoms with Gasteiger partial charge in [0.2, 0.25) is 11.8 Å². The fourth-order valence-corrected chi connectivity index (χ4v) is 7.71. The third-order valence-corrected chi connectivity index (χ3v) is 9.95. The molecule has 2 amide bonds. The number of aromatic amines is 1. The predicted octanol–water partition coefficient (Wildman–Crippen LogP) is 2.87. The van der Waals surface area contributed by atoms with Crippen LogP contribution in [0, 0.1) is 23.2 Å². The minimum Gasteiger partial charge on any atom is -0.388 e. The number of rotatable bonds is 3. The molecule has 0 bridgehead atoms. The number of fused-ring (bicyclic) bond motifs is 1. The smallest absolute Gasteiger partial charge is 0.235 e. The Morgan fingerprint density at radius 2 is 1.79 bits per heavy atom. The van der Waals surface area contributed by atoms with Crippen molar-refractivity contribution in [3.05, 3.63) is 71.0 Å². The second-order valence-corrected chi connectivity index (χ2v) is 12.7. The molecule has 9 unspecified atom stereocenters. The number of carbonyl (C=O) groups is 3. The molecule has 1 saturated heterocycles. The monoisotopic (exact) mass is 589 g/mol. The summed E-state index contributed by atoms with van der Waals surface area (Å²) in [5.41, 5.74) is 2.32. The van der Waals surface area contributed by atoms with Gasteiger partial charge in [0.05, 0.1) is 12.1 Å². The number of allylic oxidation sites excluding steroid dienone is 2. The van der Waals surface area contributed by atoms with Gasteiger partial charge < -0.3 is 30.9 Å². The minimum atomic E-state index is -1.68. The van der Waals surface area contributed by atoms with Gasteiger partial charge in [0.15, 0.2) is 5.78 Å². The normalized spacial score (nSPS) is 36.0. The van der Waals surface area contributed by atoms with E-state index in [1.54, 1.807) is 13.0 Å². The number of benzene rings is 1. The molecule has 9 nitrogen and oxygen atoms in total. The Morgan fingerprint density at radius 1 is 1.07 bits per heavy atom. The Morgan fingerprint density at radius 3 is 2.51 bits per heavy atom. The van der Waals surface area contributed by atoms with Crippen molar-refractivity contribution < 1.29 is 29.7 Å². The molecule has 1 aromatic carbocycles. The maximum atomic E-state index is 14.7. The average Bonchev–Trinajstić information content (AvgIpc) is 3.50. The molecule has 230 valence electrons. The Balaban J connectivity index is 1.66. The van der Waals surface area contributed by atoms with Gasteiger partial charge in [-0.05, 0) is 62.3 Å². The number of carbonyl (C=O) groups excluding carboxylic acids is 3. The zero-order chi connectivity index (χ0) is 31.2. The standard InChI is InChI=1S/C34H43N3O6/c1-17-9-8-11-24-31(41)20(4)19(3)29-26(14-22-16-35-25-12-7-6-10-23(22)25)37-33(43)34(24,29)28(39)15-27(36-21(5)38)32(42)30(40)18(2)13-17/h6-8,10-13,16-17,24,26-27,29-32,35,40-42H,9,14-15H2,1-5H3,(H,36,38)(H,37,43)/b11-8+,18-13?. The number of para-hydroxylation sites is 1. The number of Topliss-reactive ketones (excluding diaryl/α,β-unsaturated/α-hetero) is 1. The highest BCUT2D eigenvalue weighted by molar-refractivity contribution is 6.10. The number of hydrogen-bond acceptors (Lipinski definition) is 6. The fraction of sp³-hybridized carbons (Fsp3) is 0.500. The number of aliphatic hydroxyl groups excluding tert-OH is 3. The Hall–Kier alpha value is -3.53. The molecule has 1 spiro atoms. The molecule has 9 atom stereocenters. The van der Waals surface area contributed by atoms with Crippen molar-refractivity contribution in [3.8, 4) is 0 Å². The molecule has 1 aliphatic heterocycles. The van der Waals surface area contributed by atoms with Crippen molar-refractivity contribution in [3.63, 3.8) is 0 Å². The molecule has 0 radical (unpaired) electrons. The molecule has 43 heavy (non-hydrogen) atoms. The highest BCUT2D eigenvalue weighted by atomic mass is 16.3. The highest BCUT2D eigenvalue weighted by Gasteiger charge is 2.67. The lowest BCUT2D eigenvalue weighted by atomic mass is 9.54. The average molecular weight is 590 g/mol. The Bertz CT molecular complexity index is 1520. The van der Waals surface area contributed by atoms with Crippen LogP contribution in [0.2, 0.25) is 0 Å². The van der Waals surface area contributed by atoms with E-state index in [4.69, 9.17) is 0 Å². The zero-order valence-electron chi connectivity index (χ0n) is 25.4. The summed E-state index contributed by atoms with van der Waals surface area (Å²) < 4.78 is 0. The molecule has 9 heteroatoms. The zero-order valence-corrected chi connectivity index (χ0v) is 25.4. The molecular formula is C34H43N3O6. The summed E-state index contributed by atoms with van der Waals surface area (Å²) in [6, 6.07) is 6.32. The van der Waals surface area contributed by atoms with Crippen LogP contribution in [0.4, 0.5) is 0 Å². The van der Waals surface area contributed by atoms with Gasteiger partial charge in [-0.3, -0.25) is 14.4 Å². The lowest BCUT2D eigenvalue weighted by Gasteiger charge is -2.46. The van der Waals surface area contributed by atoms with E-state index in [2.05, 4.69) is 15.6 Å². The van der Waals surface area contributed by atoms with E-state index in [1.165, 1.54) is 6.92 Å². The molecule has 6 N–H and O–H groups in total. The van der Waals surface area contributed by atoms with Crippen LogP contribution in [0.1, 0.15) is 53.0 Å². The van der Waals surface area contributed by atoms with Gasteiger partial charge in [-0.1, -0.05) is 48.9 Å². The van der Waals surface area contributed by atoms with E-state index in [1.807, 2.05) is 63.4 Å². The Labute approximate surface area is 252 Å². The molecule has 5 rings (SSSR count). The summed E-state index contributed by atoms with van der Waals surface area (Å²) in [7, 11) is 0. The first-order valence-electron chi connectivity index (χ1n) is 15.1. The predicted molar refractivity (Wildman–Crippen MR) is 164 cm³/mol. The summed E-state index contributed by atoms with van der Waals surface area (Å²) in [6.07, 6.45) is 4.19. The maximum absolute atomic E-state index is 14.7. The number of aromatic nitrogens is 1. The van der Waals surface area contributed by atoms with Crippen LogP contribution in [0.3, 0.4) is 0 Å². The summed E-state index contributed by atoms with van der Waals surface area (Å²) in [5.74, 6) is -2.91. The van der Waals surface area contributed by atoms with Crippen molar-refractivity contribution in [1.29, 1.82) is 0 Å². The molecule has 3 aliphatic rings. The SMILES string of the molecule is CC(=O)NC1CC(=O)C23C(=O)NC(Cc4c[nH]c5ccccc45)C2C(C)=C(C)C(O)C3/C=C/CC(C)C=C(C)C(O)C1O. The van der Waals surface area contributed by atoms with Crippen LogP contribution in [0.15, 0.2) is 65.4 Å². The van der Waals surface area contributed by atoms with Crippen LogP contribution in [-0.2, 0) is 20.8 Å². The van der Waals surface area contributed by atoms with Gasteiger partial charge in [0.1, 0.15) is 17.6 Å². The minimum absolute atomic E-state index is 0.0355.